The van der Waals surface area contributed by atoms with E-state index < -0.39 is 0 Å². The minimum Gasteiger partial charge on any atom is -0.495 e. The lowest BCUT2D eigenvalue weighted by atomic mass is 9.93. The Morgan fingerprint density at radius 1 is 1.44 bits per heavy atom. The van der Waals surface area contributed by atoms with Crippen molar-refractivity contribution in [2.75, 3.05) is 7.11 Å². The van der Waals surface area contributed by atoms with Crippen molar-refractivity contribution in [3.63, 3.8) is 0 Å². The Morgan fingerprint density at radius 3 is 3.00 bits per heavy atom. The maximum atomic E-state index is 5.13. The molecule has 1 aliphatic carbocycles. The van der Waals surface area contributed by atoms with Gasteiger partial charge in [-0.25, -0.2) is 0 Å². The van der Waals surface area contributed by atoms with Gasteiger partial charge in [0.05, 0.1) is 29.7 Å². The average molecular weight is 243 g/mol. The SMILES string of the molecule is COC1=CC(=c2ccc(=CNC3CCC3)[nH]2)N=C1. The molecule has 4 heteroatoms. The normalized spacial score (nSPS) is 22.9. The summed E-state index contributed by atoms with van der Waals surface area (Å²) >= 11 is 0. The molecule has 0 aromatic carbocycles. The molecule has 2 N–H and O–H groups in total. The number of aromatic amines is 1. The number of nitrogens with one attached hydrogen (secondary N) is 2. The number of H-pyrrole nitrogens is 1. The molecular formula is C14H17N3O. The van der Waals surface area contributed by atoms with Crippen LogP contribution in [-0.4, -0.2) is 24.4 Å². The minimum absolute atomic E-state index is 0.661. The number of hydrogen-bond donors (Lipinski definition) is 2. The van der Waals surface area contributed by atoms with Crippen LogP contribution in [0.15, 0.2) is 29.0 Å². The second kappa shape index (κ2) is 4.72. The van der Waals surface area contributed by atoms with Crippen molar-refractivity contribution in [1.82, 2.24) is 10.3 Å². The number of rotatable bonds is 3. The largest absolute Gasteiger partial charge is 0.495 e. The van der Waals surface area contributed by atoms with Crippen molar-refractivity contribution in [2.24, 2.45) is 4.99 Å². The average Bonchev–Trinajstić information content (AvgIpc) is 2.94. The Balaban J connectivity index is 1.83. The molecule has 2 aliphatic rings. The number of ether oxygens (including phenoxy) is 1. The molecule has 0 amide bonds. The highest BCUT2D eigenvalue weighted by Crippen LogP contribution is 2.17. The monoisotopic (exact) mass is 243 g/mol. The van der Waals surface area contributed by atoms with Gasteiger partial charge < -0.3 is 15.0 Å². The molecule has 0 bridgehead atoms. The highest BCUT2D eigenvalue weighted by atomic mass is 16.5. The van der Waals surface area contributed by atoms with Gasteiger partial charge in [0.25, 0.3) is 0 Å². The zero-order chi connectivity index (χ0) is 12.4. The second-order valence-corrected chi connectivity index (χ2v) is 4.66. The minimum atomic E-state index is 0.661. The molecule has 94 valence electrons. The molecule has 3 rings (SSSR count). The lowest BCUT2D eigenvalue weighted by Crippen LogP contribution is -2.32. The summed E-state index contributed by atoms with van der Waals surface area (Å²) in [6.45, 7) is 0. The van der Waals surface area contributed by atoms with E-state index in [4.69, 9.17) is 4.74 Å². The summed E-state index contributed by atoms with van der Waals surface area (Å²) in [6, 6.07) is 4.76. The number of aromatic nitrogens is 1. The summed E-state index contributed by atoms with van der Waals surface area (Å²) in [5, 5.41) is 5.51. The first-order valence-corrected chi connectivity index (χ1v) is 6.30. The fraction of sp³-hybridized carbons (Fsp3) is 0.357. The van der Waals surface area contributed by atoms with E-state index in [9.17, 15) is 0 Å². The van der Waals surface area contributed by atoms with Crippen molar-refractivity contribution in [3.05, 3.63) is 34.7 Å². The van der Waals surface area contributed by atoms with Gasteiger partial charge in [-0.15, -0.1) is 0 Å². The Hall–Kier alpha value is -1.97. The van der Waals surface area contributed by atoms with Crippen LogP contribution in [0.4, 0.5) is 0 Å². The summed E-state index contributed by atoms with van der Waals surface area (Å²) < 4.78 is 5.13. The fourth-order valence-electron chi connectivity index (χ4n) is 2.03. The second-order valence-electron chi connectivity index (χ2n) is 4.66. The highest BCUT2D eigenvalue weighted by Gasteiger charge is 2.14. The van der Waals surface area contributed by atoms with E-state index in [0.29, 0.717) is 6.04 Å². The van der Waals surface area contributed by atoms with Crippen molar-refractivity contribution in [2.45, 2.75) is 25.3 Å². The predicted octanol–water partition coefficient (Wildman–Crippen LogP) is 0.618. The van der Waals surface area contributed by atoms with E-state index in [1.54, 1.807) is 13.3 Å². The number of hydrogen-bond acceptors (Lipinski definition) is 3. The topological polar surface area (TPSA) is 49.4 Å². The molecule has 1 aromatic rings. The van der Waals surface area contributed by atoms with Crippen LogP contribution in [0.2, 0.25) is 0 Å². The number of nitrogens with zero attached hydrogens (tertiary/aromatic N) is 1. The third-order valence-corrected chi connectivity index (χ3v) is 3.41. The highest BCUT2D eigenvalue weighted by molar-refractivity contribution is 5.89. The van der Waals surface area contributed by atoms with Gasteiger partial charge in [0.15, 0.2) is 0 Å². The van der Waals surface area contributed by atoms with Crippen molar-refractivity contribution in [1.29, 1.82) is 0 Å². The Morgan fingerprint density at radius 2 is 2.33 bits per heavy atom. The molecule has 1 aromatic heterocycles. The van der Waals surface area contributed by atoms with Gasteiger partial charge in [-0.1, -0.05) is 0 Å². The number of methoxy groups -OCH3 is 1. The van der Waals surface area contributed by atoms with E-state index in [1.165, 1.54) is 19.3 Å². The van der Waals surface area contributed by atoms with E-state index in [-0.39, 0.29) is 0 Å². The van der Waals surface area contributed by atoms with Crippen LogP contribution in [0.1, 0.15) is 19.3 Å². The summed E-state index contributed by atoms with van der Waals surface area (Å²) in [7, 11) is 1.65. The van der Waals surface area contributed by atoms with Gasteiger partial charge in [0, 0.05) is 18.3 Å². The number of allylic oxidation sites excluding steroid dienone is 1. The van der Waals surface area contributed by atoms with Crippen molar-refractivity contribution in [3.8, 4) is 0 Å². The van der Waals surface area contributed by atoms with Gasteiger partial charge in [-0.2, -0.15) is 0 Å². The van der Waals surface area contributed by atoms with E-state index in [0.717, 1.165) is 22.2 Å². The van der Waals surface area contributed by atoms with Gasteiger partial charge in [-0.3, -0.25) is 4.99 Å². The summed E-state index contributed by atoms with van der Waals surface area (Å²) in [5.74, 6) is 0.790. The summed E-state index contributed by atoms with van der Waals surface area (Å²) in [6.07, 6.45) is 9.62. The van der Waals surface area contributed by atoms with Gasteiger partial charge in [0.2, 0.25) is 0 Å². The first kappa shape index (κ1) is 11.1. The maximum absolute atomic E-state index is 5.13. The van der Waals surface area contributed by atoms with Crippen LogP contribution < -0.4 is 16.0 Å². The molecule has 1 fully saturated rings. The Labute approximate surface area is 106 Å². The smallest absolute Gasteiger partial charge is 0.139 e. The van der Waals surface area contributed by atoms with Crippen LogP contribution >= 0.6 is 0 Å². The first-order chi connectivity index (χ1) is 8.85. The van der Waals surface area contributed by atoms with Crippen molar-refractivity contribution < 1.29 is 4.74 Å². The predicted molar refractivity (Wildman–Crippen MR) is 72.3 cm³/mol. The van der Waals surface area contributed by atoms with Crippen LogP contribution in [0.5, 0.6) is 0 Å². The van der Waals surface area contributed by atoms with E-state index >= 15 is 0 Å². The van der Waals surface area contributed by atoms with Crippen LogP contribution in [0, 0.1) is 0 Å². The van der Waals surface area contributed by atoms with Crippen molar-refractivity contribution >= 4 is 18.1 Å². The zero-order valence-electron chi connectivity index (χ0n) is 10.4. The first-order valence-electron chi connectivity index (χ1n) is 6.30. The quantitative estimate of drug-likeness (QED) is 0.817. The van der Waals surface area contributed by atoms with Crippen LogP contribution in [-0.2, 0) is 4.74 Å². The molecule has 4 nitrogen and oxygen atoms in total. The third kappa shape index (κ3) is 2.18. The standard InChI is InChI=1S/C14H17N3O/c1-18-12-7-14(16-9-12)13-6-5-11(17-13)8-15-10-3-2-4-10/h5-10,15,17H,2-4H2,1H3. The molecule has 2 heterocycles. The molecule has 0 saturated heterocycles. The summed E-state index contributed by atoms with van der Waals surface area (Å²) in [4.78, 5) is 7.64. The molecule has 0 atom stereocenters. The van der Waals surface area contributed by atoms with Gasteiger partial charge >= 0.3 is 0 Å². The zero-order valence-corrected chi connectivity index (χ0v) is 10.4. The number of aliphatic imine (C=N–C) groups is 1. The molecular weight excluding hydrogens is 226 g/mol. The van der Waals surface area contributed by atoms with Crippen LogP contribution in [0.3, 0.4) is 0 Å². The Bertz CT molecular complexity index is 605. The van der Waals surface area contributed by atoms with Crippen LogP contribution in [0.25, 0.3) is 11.9 Å². The van der Waals surface area contributed by atoms with E-state index in [1.807, 2.05) is 18.3 Å². The third-order valence-electron chi connectivity index (χ3n) is 3.41. The fourth-order valence-corrected chi connectivity index (χ4v) is 2.03. The van der Waals surface area contributed by atoms with Gasteiger partial charge in [-0.05, 0) is 31.4 Å². The molecule has 1 aliphatic heterocycles. The van der Waals surface area contributed by atoms with Gasteiger partial charge in [0.1, 0.15) is 5.76 Å². The lowest BCUT2D eigenvalue weighted by molar-refractivity contribution is 0.318. The molecule has 1 saturated carbocycles. The molecule has 0 unspecified atom stereocenters. The molecule has 0 spiro atoms. The Kier molecular flexibility index (Phi) is 2.92. The van der Waals surface area contributed by atoms with E-state index in [2.05, 4.69) is 21.4 Å². The molecule has 0 radical (unpaired) electrons. The maximum Gasteiger partial charge on any atom is 0.139 e. The lowest BCUT2D eigenvalue weighted by Gasteiger charge is -2.25. The summed E-state index contributed by atoms with van der Waals surface area (Å²) in [5.41, 5.74) is 0.912. The molecule has 18 heavy (non-hydrogen) atoms.